The molecule has 1 unspecified atom stereocenters. The zero-order valence-electron chi connectivity index (χ0n) is 7.22. The molecule has 3 nitrogen and oxygen atoms in total. The third kappa shape index (κ3) is 1.84. The van der Waals surface area contributed by atoms with Crippen molar-refractivity contribution in [1.82, 2.24) is 9.36 Å². The third-order valence-electron chi connectivity index (χ3n) is 1.90. The fourth-order valence-electron chi connectivity index (χ4n) is 1.18. The van der Waals surface area contributed by atoms with Gasteiger partial charge >= 0.3 is 0 Å². The number of hydrogen-bond donors (Lipinski definition) is 1. The molecular formula is C9H8BrN3S. The molecule has 0 bridgehead atoms. The van der Waals surface area contributed by atoms with Gasteiger partial charge in [0.1, 0.15) is 0 Å². The van der Waals surface area contributed by atoms with Gasteiger partial charge in [-0.15, -0.1) is 0 Å². The van der Waals surface area contributed by atoms with E-state index >= 15 is 0 Å². The number of nitrogens with two attached hydrogens (primary N) is 1. The van der Waals surface area contributed by atoms with Crippen LogP contribution in [0.3, 0.4) is 0 Å². The lowest BCUT2D eigenvalue weighted by Gasteiger charge is -2.10. The summed E-state index contributed by atoms with van der Waals surface area (Å²) in [6, 6.07) is 3.72. The number of pyridine rings is 1. The molecule has 0 aliphatic heterocycles. The van der Waals surface area contributed by atoms with Crippen LogP contribution in [-0.2, 0) is 0 Å². The van der Waals surface area contributed by atoms with Gasteiger partial charge in [0.25, 0.3) is 0 Å². The van der Waals surface area contributed by atoms with Crippen molar-refractivity contribution in [1.29, 1.82) is 0 Å². The Labute approximate surface area is 94.3 Å². The van der Waals surface area contributed by atoms with Gasteiger partial charge in [0.05, 0.1) is 6.04 Å². The zero-order chi connectivity index (χ0) is 9.97. The minimum atomic E-state index is -0.125. The molecule has 1 atom stereocenters. The van der Waals surface area contributed by atoms with Crippen molar-refractivity contribution in [2.45, 2.75) is 6.04 Å². The van der Waals surface area contributed by atoms with Crippen LogP contribution in [0.2, 0.25) is 0 Å². The molecule has 2 N–H and O–H groups in total. The number of rotatable bonds is 2. The summed E-state index contributed by atoms with van der Waals surface area (Å²) in [6.07, 6.45) is 5.24. The molecule has 14 heavy (non-hydrogen) atoms. The Kier molecular flexibility index (Phi) is 2.90. The summed E-state index contributed by atoms with van der Waals surface area (Å²) < 4.78 is 4.96. The van der Waals surface area contributed by atoms with Crippen LogP contribution < -0.4 is 5.73 Å². The molecule has 72 valence electrons. The predicted molar refractivity (Wildman–Crippen MR) is 60.1 cm³/mol. The largest absolute Gasteiger partial charge is 0.320 e. The Hall–Kier alpha value is -0.780. The maximum atomic E-state index is 6.07. The summed E-state index contributed by atoms with van der Waals surface area (Å²) in [5, 5.41) is 0. The lowest BCUT2D eigenvalue weighted by Crippen LogP contribution is -2.10. The molecule has 0 fully saturated rings. The lowest BCUT2D eigenvalue weighted by molar-refractivity contribution is 0.882. The van der Waals surface area contributed by atoms with E-state index in [9.17, 15) is 0 Å². The third-order valence-corrected chi connectivity index (χ3v) is 3.39. The molecule has 5 heteroatoms. The molecule has 0 amide bonds. The average Bonchev–Trinajstić information content (AvgIpc) is 2.70. The van der Waals surface area contributed by atoms with Crippen molar-refractivity contribution in [3.05, 3.63) is 45.6 Å². The van der Waals surface area contributed by atoms with Crippen LogP contribution in [-0.4, -0.2) is 9.36 Å². The summed E-state index contributed by atoms with van der Waals surface area (Å²) >= 11 is 4.84. The molecule has 0 spiro atoms. The van der Waals surface area contributed by atoms with E-state index in [2.05, 4.69) is 25.3 Å². The molecule has 0 aromatic carbocycles. The molecule has 2 rings (SSSR count). The number of hydrogen-bond acceptors (Lipinski definition) is 4. The van der Waals surface area contributed by atoms with E-state index in [0.29, 0.717) is 0 Å². The Bertz CT molecular complexity index is 416. The highest BCUT2D eigenvalue weighted by atomic mass is 79.9. The van der Waals surface area contributed by atoms with E-state index in [1.54, 1.807) is 18.6 Å². The van der Waals surface area contributed by atoms with E-state index in [1.165, 1.54) is 11.5 Å². The highest BCUT2D eigenvalue weighted by Gasteiger charge is 2.12. The topological polar surface area (TPSA) is 51.8 Å². The van der Waals surface area contributed by atoms with Crippen LogP contribution in [0, 0.1) is 0 Å². The van der Waals surface area contributed by atoms with Crippen LogP contribution in [0.25, 0.3) is 0 Å². The van der Waals surface area contributed by atoms with Crippen LogP contribution in [0.1, 0.15) is 16.5 Å². The SMILES string of the molecule is NC(c1ccns1)c1ccncc1Br. The second-order valence-corrected chi connectivity index (χ2v) is 4.51. The summed E-state index contributed by atoms with van der Waals surface area (Å²) in [5.41, 5.74) is 7.11. The van der Waals surface area contributed by atoms with E-state index in [0.717, 1.165) is 14.9 Å². The van der Waals surface area contributed by atoms with Gasteiger partial charge in [0, 0.05) is 27.9 Å². The van der Waals surface area contributed by atoms with Gasteiger partial charge in [-0.2, -0.15) is 0 Å². The van der Waals surface area contributed by atoms with Crippen molar-refractivity contribution in [3.8, 4) is 0 Å². The van der Waals surface area contributed by atoms with Gasteiger partial charge < -0.3 is 5.73 Å². The molecule has 0 saturated carbocycles. The lowest BCUT2D eigenvalue weighted by atomic mass is 10.1. The summed E-state index contributed by atoms with van der Waals surface area (Å²) in [6.45, 7) is 0. The molecule has 0 aliphatic rings. The minimum absolute atomic E-state index is 0.125. The van der Waals surface area contributed by atoms with Crippen LogP contribution in [0.5, 0.6) is 0 Å². The highest BCUT2D eigenvalue weighted by molar-refractivity contribution is 9.10. The van der Waals surface area contributed by atoms with E-state index in [-0.39, 0.29) is 6.04 Å². The number of aromatic nitrogens is 2. The van der Waals surface area contributed by atoms with Crippen LogP contribution >= 0.6 is 27.5 Å². The summed E-state index contributed by atoms with van der Waals surface area (Å²) in [5.74, 6) is 0. The quantitative estimate of drug-likeness (QED) is 0.911. The van der Waals surface area contributed by atoms with E-state index in [1.807, 2.05) is 12.1 Å². The van der Waals surface area contributed by atoms with Crippen molar-refractivity contribution in [3.63, 3.8) is 0 Å². The Morgan fingerprint density at radius 3 is 2.86 bits per heavy atom. The molecule has 2 heterocycles. The van der Waals surface area contributed by atoms with Crippen molar-refractivity contribution >= 4 is 27.5 Å². The summed E-state index contributed by atoms with van der Waals surface area (Å²) in [7, 11) is 0. The van der Waals surface area contributed by atoms with Crippen molar-refractivity contribution in [2.75, 3.05) is 0 Å². The molecule has 0 radical (unpaired) electrons. The van der Waals surface area contributed by atoms with Gasteiger partial charge in [-0.1, -0.05) is 0 Å². The Morgan fingerprint density at radius 2 is 2.21 bits per heavy atom. The first-order valence-electron chi connectivity index (χ1n) is 4.04. The second-order valence-electron chi connectivity index (χ2n) is 2.79. The Morgan fingerprint density at radius 1 is 1.36 bits per heavy atom. The second kappa shape index (κ2) is 4.16. The molecule has 0 aliphatic carbocycles. The smallest absolute Gasteiger partial charge is 0.0674 e. The van der Waals surface area contributed by atoms with Crippen LogP contribution in [0.15, 0.2) is 35.2 Å². The standard InChI is InChI=1S/C9H8BrN3S/c10-7-5-12-3-1-6(7)9(11)8-2-4-13-14-8/h1-5,9H,11H2. The van der Waals surface area contributed by atoms with E-state index < -0.39 is 0 Å². The maximum absolute atomic E-state index is 6.07. The van der Waals surface area contributed by atoms with Gasteiger partial charge in [-0.05, 0) is 45.2 Å². The average molecular weight is 270 g/mol. The fraction of sp³-hybridized carbons (Fsp3) is 0.111. The van der Waals surface area contributed by atoms with Gasteiger partial charge in [0.2, 0.25) is 0 Å². The molecule has 2 aromatic heterocycles. The highest BCUT2D eigenvalue weighted by Crippen LogP contribution is 2.27. The first-order valence-corrected chi connectivity index (χ1v) is 5.61. The first-order chi connectivity index (χ1) is 6.79. The fourth-order valence-corrected chi connectivity index (χ4v) is 2.28. The minimum Gasteiger partial charge on any atom is -0.320 e. The molecular weight excluding hydrogens is 262 g/mol. The van der Waals surface area contributed by atoms with Gasteiger partial charge in [-0.3, -0.25) is 4.98 Å². The number of halogens is 1. The van der Waals surface area contributed by atoms with Gasteiger partial charge in [0.15, 0.2) is 0 Å². The van der Waals surface area contributed by atoms with Crippen molar-refractivity contribution < 1.29 is 0 Å². The summed E-state index contributed by atoms with van der Waals surface area (Å²) in [4.78, 5) is 5.05. The molecule has 2 aromatic rings. The Balaban J connectivity index is 2.37. The molecule has 0 saturated heterocycles. The van der Waals surface area contributed by atoms with E-state index in [4.69, 9.17) is 5.73 Å². The zero-order valence-corrected chi connectivity index (χ0v) is 9.62. The number of nitrogens with zero attached hydrogens (tertiary/aromatic N) is 2. The first kappa shape index (κ1) is 9.76. The normalized spacial score (nSPS) is 12.7. The van der Waals surface area contributed by atoms with Crippen LogP contribution in [0.4, 0.5) is 0 Å². The van der Waals surface area contributed by atoms with Gasteiger partial charge in [-0.25, -0.2) is 4.37 Å². The van der Waals surface area contributed by atoms with Crippen molar-refractivity contribution in [2.24, 2.45) is 5.73 Å². The maximum Gasteiger partial charge on any atom is 0.0674 e. The predicted octanol–water partition coefficient (Wildman–Crippen LogP) is 2.35. The monoisotopic (exact) mass is 269 g/mol.